The molecule has 0 aliphatic carbocycles. The van der Waals surface area contributed by atoms with Gasteiger partial charge in [-0.3, -0.25) is 0 Å². The zero-order valence-corrected chi connectivity index (χ0v) is 14.9. The van der Waals surface area contributed by atoms with Gasteiger partial charge in [0.15, 0.2) is 0 Å². The molecule has 0 fully saturated rings. The molecular weight excluding hydrogens is 318 g/mol. The second kappa shape index (κ2) is 8.84. The van der Waals surface area contributed by atoms with Crippen LogP contribution in [0.5, 0.6) is 5.75 Å². The highest BCUT2D eigenvalue weighted by Gasteiger charge is 1.93. The molecule has 0 amide bonds. The maximum atomic E-state index is 5.62. The molecule has 2 heteroatoms. The van der Waals surface area contributed by atoms with Gasteiger partial charge in [-0.2, -0.15) is 0 Å². The lowest BCUT2D eigenvalue weighted by Crippen LogP contribution is -1.94. The van der Waals surface area contributed by atoms with Crippen molar-refractivity contribution in [1.82, 2.24) is 0 Å². The van der Waals surface area contributed by atoms with Crippen molar-refractivity contribution < 1.29 is 4.74 Å². The molecule has 3 aromatic carbocycles. The van der Waals surface area contributed by atoms with Crippen LogP contribution in [0.3, 0.4) is 0 Å². The van der Waals surface area contributed by atoms with Gasteiger partial charge in [0, 0.05) is 6.54 Å². The van der Waals surface area contributed by atoms with Crippen LogP contribution in [0.4, 0.5) is 0 Å². The summed E-state index contributed by atoms with van der Waals surface area (Å²) in [6.07, 6.45) is 8.45. The maximum absolute atomic E-state index is 5.62. The molecule has 0 aliphatic rings. The highest BCUT2D eigenvalue weighted by molar-refractivity contribution is 5.73. The molecule has 3 rings (SSSR count). The first-order valence-corrected chi connectivity index (χ1v) is 8.66. The van der Waals surface area contributed by atoms with Gasteiger partial charge < -0.3 is 10.5 Å². The fourth-order valence-corrected chi connectivity index (χ4v) is 2.58. The topological polar surface area (TPSA) is 35.2 Å². The Labute approximate surface area is 155 Å². The highest BCUT2D eigenvalue weighted by Crippen LogP contribution is 2.15. The molecular formula is C24H23NO. The minimum atomic E-state index is 0.579. The summed E-state index contributed by atoms with van der Waals surface area (Å²) < 4.78 is 5.18. The van der Waals surface area contributed by atoms with Crippen LogP contribution in [0.2, 0.25) is 0 Å². The van der Waals surface area contributed by atoms with Crippen LogP contribution in [0.25, 0.3) is 24.3 Å². The van der Waals surface area contributed by atoms with Gasteiger partial charge in [-0.1, -0.05) is 85.0 Å². The molecule has 0 unspecified atom stereocenters. The van der Waals surface area contributed by atoms with Crippen molar-refractivity contribution in [3.8, 4) is 5.75 Å². The van der Waals surface area contributed by atoms with Crippen molar-refractivity contribution in [2.24, 2.45) is 5.73 Å². The van der Waals surface area contributed by atoms with Crippen molar-refractivity contribution in [3.05, 3.63) is 101 Å². The highest BCUT2D eigenvalue weighted by atomic mass is 16.5. The van der Waals surface area contributed by atoms with Gasteiger partial charge in [0.25, 0.3) is 0 Å². The van der Waals surface area contributed by atoms with Crippen molar-refractivity contribution in [2.75, 3.05) is 7.11 Å². The Bertz CT molecular complexity index is 797. The number of hydrogen-bond acceptors (Lipinski definition) is 2. The van der Waals surface area contributed by atoms with Gasteiger partial charge in [-0.25, -0.2) is 0 Å². The first-order chi connectivity index (χ1) is 12.8. The Morgan fingerprint density at radius 3 is 1.31 bits per heavy atom. The molecule has 2 nitrogen and oxygen atoms in total. The Kier molecular flexibility index (Phi) is 6.02. The minimum absolute atomic E-state index is 0.579. The standard InChI is InChI=1S/C24H23NO/c1-26-24-16-14-22(15-17-24)9-8-20-4-2-19(3-5-20)6-7-21-10-12-23(18-25)13-11-21/h2-17H,18,25H2,1H3. The molecule has 0 aliphatic heterocycles. The molecule has 2 N–H and O–H groups in total. The summed E-state index contributed by atoms with van der Waals surface area (Å²) in [6, 6.07) is 24.8. The van der Waals surface area contributed by atoms with Gasteiger partial charge >= 0.3 is 0 Å². The van der Waals surface area contributed by atoms with Crippen LogP contribution in [-0.4, -0.2) is 7.11 Å². The number of methoxy groups -OCH3 is 1. The number of nitrogens with two attached hydrogens (primary N) is 1. The van der Waals surface area contributed by atoms with E-state index in [0.29, 0.717) is 6.54 Å². The molecule has 0 aromatic heterocycles. The van der Waals surface area contributed by atoms with E-state index in [0.717, 1.165) is 16.9 Å². The minimum Gasteiger partial charge on any atom is -0.497 e. The second-order valence-corrected chi connectivity index (χ2v) is 6.05. The zero-order chi connectivity index (χ0) is 18.2. The van der Waals surface area contributed by atoms with Gasteiger partial charge in [-0.15, -0.1) is 0 Å². The van der Waals surface area contributed by atoms with E-state index >= 15 is 0 Å². The largest absolute Gasteiger partial charge is 0.497 e. The molecule has 26 heavy (non-hydrogen) atoms. The molecule has 0 atom stereocenters. The summed E-state index contributed by atoms with van der Waals surface area (Å²) in [5.74, 6) is 0.871. The zero-order valence-electron chi connectivity index (χ0n) is 14.9. The van der Waals surface area contributed by atoms with Gasteiger partial charge in [0.2, 0.25) is 0 Å². The average Bonchev–Trinajstić information content (AvgIpc) is 2.72. The molecule has 0 spiro atoms. The van der Waals surface area contributed by atoms with E-state index in [-0.39, 0.29) is 0 Å². The maximum Gasteiger partial charge on any atom is 0.118 e. The fourth-order valence-electron chi connectivity index (χ4n) is 2.58. The van der Waals surface area contributed by atoms with Gasteiger partial charge in [-0.05, 0) is 39.9 Å². The van der Waals surface area contributed by atoms with Gasteiger partial charge in [0.05, 0.1) is 7.11 Å². The van der Waals surface area contributed by atoms with Crippen LogP contribution in [0.15, 0.2) is 72.8 Å². The smallest absolute Gasteiger partial charge is 0.118 e. The molecule has 0 heterocycles. The van der Waals surface area contributed by atoms with Crippen LogP contribution in [0, 0.1) is 0 Å². The summed E-state index contributed by atoms with van der Waals surface area (Å²) in [5.41, 5.74) is 11.4. The van der Waals surface area contributed by atoms with Gasteiger partial charge in [0.1, 0.15) is 5.75 Å². The summed E-state index contributed by atoms with van der Waals surface area (Å²) in [6.45, 7) is 0.579. The van der Waals surface area contributed by atoms with E-state index in [4.69, 9.17) is 10.5 Å². The summed E-state index contributed by atoms with van der Waals surface area (Å²) in [5, 5.41) is 0. The van der Waals surface area contributed by atoms with E-state index in [9.17, 15) is 0 Å². The van der Waals surface area contributed by atoms with Crippen molar-refractivity contribution in [1.29, 1.82) is 0 Å². The SMILES string of the molecule is COc1ccc(C=Cc2ccc(C=Cc3ccc(CN)cc3)cc2)cc1. The number of hydrogen-bond donors (Lipinski definition) is 1. The van der Waals surface area contributed by atoms with Crippen molar-refractivity contribution in [3.63, 3.8) is 0 Å². The van der Waals surface area contributed by atoms with E-state index in [2.05, 4.69) is 72.8 Å². The third-order valence-electron chi connectivity index (χ3n) is 4.20. The summed E-state index contributed by atoms with van der Waals surface area (Å²) >= 11 is 0. The van der Waals surface area contributed by atoms with Crippen LogP contribution < -0.4 is 10.5 Å². The summed E-state index contributed by atoms with van der Waals surface area (Å²) in [4.78, 5) is 0. The predicted molar refractivity (Wildman–Crippen MR) is 112 cm³/mol. The van der Waals surface area contributed by atoms with Crippen molar-refractivity contribution >= 4 is 24.3 Å². The van der Waals surface area contributed by atoms with E-state index in [1.54, 1.807) is 7.11 Å². The van der Waals surface area contributed by atoms with E-state index in [1.165, 1.54) is 16.7 Å². The molecule has 0 saturated carbocycles. The summed E-state index contributed by atoms with van der Waals surface area (Å²) in [7, 11) is 1.68. The molecule has 3 aromatic rings. The second-order valence-electron chi connectivity index (χ2n) is 6.05. The third kappa shape index (κ3) is 4.95. The first kappa shape index (κ1) is 17.7. The quantitative estimate of drug-likeness (QED) is 0.601. The number of rotatable bonds is 6. The van der Waals surface area contributed by atoms with Crippen molar-refractivity contribution in [2.45, 2.75) is 6.54 Å². The number of benzene rings is 3. The lowest BCUT2D eigenvalue weighted by atomic mass is 10.1. The molecule has 130 valence electrons. The molecule has 0 bridgehead atoms. The first-order valence-electron chi connectivity index (χ1n) is 8.66. The third-order valence-corrected chi connectivity index (χ3v) is 4.20. The Morgan fingerprint density at radius 1 is 0.615 bits per heavy atom. The van der Waals surface area contributed by atoms with Crippen LogP contribution in [-0.2, 0) is 6.54 Å². The predicted octanol–water partition coefficient (Wildman–Crippen LogP) is 5.49. The lowest BCUT2D eigenvalue weighted by Gasteiger charge is -2.00. The molecule has 0 radical (unpaired) electrons. The fraction of sp³-hybridized carbons (Fsp3) is 0.0833. The Morgan fingerprint density at radius 2 is 0.962 bits per heavy atom. The van der Waals surface area contributed by atoms with E-state index in [1.807, 2.05) is 24.3 Å². The monoisotopic (exact) mass is 341 g/mol. The normalized spacial score (nSPS) is 11.3. The van der Waals surface area contributed by atoms with Crippen LogP contribution >= 0.6 is 0 Å². The lowest BCUT2D eigenvalue weighted by molar-refractivity contribution is 0.415. The number of ether oxygens (including phenoxy) is 1. The van der Waals surface area contributed by atoms with Crippen LogP contribution in [0.1, 0.15) is 27.8 Å². The Hall–Kier alpha value is -3.10. The molecule has 0 saturated heterocycles. The van der Waals surface area contributed by atoms with E-state index < -0.39 is 0 Å². The average molecular weight is 341 g/mol. The Balaban J connectivity index is 1.63.